The molecule has 0 atom stereocenters. The maximum absolute atomic E-state index is 12.6. The normalized spacial score (nSPS) is 10.9. The Kier molecular flexibility index (Phi) is 5.75. The third-order valence-electron chi connectivity index (χ3n) is 5.22. The highest BCUT2D eigenvalue weighted by Crippen LogP contribution is 2.23. The van der Waals surface area contributed by atoms with Crippen LogP contribution in [0.5, 0.6) is 0 Å². The lowest BCUT2D eigenvalue weighted by Crippen LogP contribution is -2.26. The topological polar surface area (TPSA) is 82.7 Å². The molecule has 0 spiro atoms. The lowest BCUT2D eigenvalue weighted by Gasteiger charge is -2.13. The van der Waals surface area contributed by atoms with E-state index in [2.05, 4.69) is 44.6 Å². The molecule has 0 saturated heterocycles. The van der Waals surface area contributed by atoms with E-state index in [-0.39, 0.29) is 5.91 Å². The first kappa shape index (κ1) is 19.6. The van der Waals surface area contributed by atoms with Crippen LogP contribution in [0.15, 0.2) is 60.9 Å². The van der Waals surface area contributed by atoms with Gasteiger partial charge in [0, 0.05) is 35.5 Å². The van der Waals surface area contributed by atoms with Gasteiger partial charge in [-0.25, -0.2) is 9.97 Å². The fourth-order valence-electron chi connectivity index (χ4n) is 3.60. The molecule has 4 aromatic rings. The summed E-state index contributed by atoms with van der Waals surface area (Å²) in [6.07, 6.45) is 5.25. The van der Waals surface area contributed by atoms with Gasteiger partial charge in [-0.05, 0) is 48.6 Å². The van der Waals surface area contributed by atoms with E-state index in [1.165, 1.54) is 16.5 Å². The number of aryl methyl sites for hydroxylation is 2. The number of anilines is 2. The van der Waals surface area contributed by atoms with Crippen LogP contribution >= 0.6 is 0 Å². The molecule has 1 amide bonds. The van der Waals surface area contributed by atoms with E-state index in [0.717, 1.165) is 29.6 Å². The number of carbonyl (C=O) groups excluding carboxylic acids is 1. The standard InChI is InChI=1S/C24H25N5O/c1-3-17-8-6-7-16(2)22(17)29-24-26-14-12-21(28-24)23(30)25-13-11-18-15-27-20-10-5-4-9-19(18)20/h4-10,12,14-15,27H,3,11,13H2,1-2H3,(H,25,30)(H,26,28,29). The molecule has 0 aliphatic heterocycles. The average Bonchev–Trinajstić information content (AvgIpc) is 3.18. The summed E-state index contributed by atoms with van der Waals surface area (Å²) in [7, 11) is 0. The van der Waals surface area contributed by atoms with Crippen molar-refractivity contribution in [2.45, 2.75) is 26.7 Å². The number of nitrogens with zero attached hydrogens (tertiary/aromatic N) is 2. The number of aromatic amines is 1. The summed E-state index contributed by atoms with van der Waals surface area (Å²) < 4.78 is 0. The van der Waals surface area contributed by atoms with Crippen molar-refractivity contribution in [1.82, 2.24) is 20.3 Å². The number of aromatic nitrogens is 3. The van der Waals surface area contributed by atoms with Crippen molar-refractivity contribution in [1.29, 1.82) is 0 Å². The largest absolute Gasteiger partial charge is 0.361 e. The first-order valence-electron chi connectivity index (χ1n) is 10.2. The lowest BCUT2D eigenvalue weighted by atomic mass is 10.1. The molecule has 0 saturated carbocycles. The zero-order chi connectivity index (χ0) is 20.9. The minimum atomic E-state index is -0.208. The van der Waals surface area contributed by atoms with Crippen molar-refractivity contribution in [3.63, 3.8) is 0 Å². The summed E-state index contributed by atoms with van der Waals surface area (Å²) in [4.78, 5) is 24.5. The maximum atomic E-state index is 12.6. The second-order valence-electron chi connectivity index (χ2n) is 7.22. The first-order chi connectivity index (χ1) is 14.7. The molecule has 30 heavy (non-hydrogen) atoms. The Morgan fingerprint density at radius 2 is 1.93 bits per heavy atom. The third kappa shape index (κ3) is 4.17. The Morgan fingerprint density at radius 1 is 1.07 bits per heavy atom. The van der Waals surface area contributed by atoms with E-state index in [4.69, 9.17) is 0 Å². The Morgan fingerprint density at radius 3 is 2.80 bits per heavy atom. The summed E-state index contributed by atoms with van der Waals surface area (Å²) >= 11 is 0. The number of benzene rings is 2. The van der Waals surface area contributed by atoms with Gasteiger partial charge in [0.15, 0.2) is 0 Å². The predicted molar refractivity (Wildman–Crippen MR) is 120 cm³/mol. The second kappa shape index (κ2) is 8.78. The van der Waals surface area contributed by atoms with E-state index in [9.17, 15) is 4.79 Å². The summed E-state index contributed by atoms with van der Waals surface area (Å²) in [5.41, 5.74) is 5.93. The van der Waals surface area contributed by atoms with Crippen molar-refractivity contribution in [3.8, 4) is 0 Å². The predicted octanol–water partition coefficient (Wildman–Crippen LogP) is 4.54. The Bertz CT molecular complexity index is 1180. The van der Waals surface area contributed by atoms with Crippen molar-refractivity contribution < 1.29 is 4.79 Å². The molecule has 0 unspecified atom stereocenters. The lowest BCUT2D eigenvalue weighted by molar-refractivity contribution is 0.0949. The molecule has 0 aliphatic rings. The van der Waals surface area contributed by atoms with E-state index in [1.807, 2.05) is 43.5 Å². The van der Waals surface area contributed by atoms with Crippen molar-refractivity contribution in [3.05, 3.63) is 83.3 Å². The van der Waals surface area contributed by atoms with E-state index in [1.54, 1.807) is 12.3 Å². The van der Waals surface area contributed by atoms with Gasteiger partial charge in [0.1, 0.15) is 5.69 Å². The smallest absolute Gasteiger partial charge is 0.270 e. The molecule has 0 bridgehead atoms. The summed E-state index contributed by atoms with van der Waals surface area (Å²) in [6.45, 7) is 4.69. The van der Waals surface area contributed by atoms with Crippen LogP contribution in [0, 0.1) is 6.92 Å². The zero-order valence-electron chi connectivity index (χ0n) is 17.2. The van der Waals surface area contributed by atoms with E-state index >= 15 is 0 Å². The van der Waals surface area contributed by atoms with Gasteiger partial charge in [-0.3, -0.25) is 4.79 Å². The van der Waals surface area contributed by atoms with Gasteiger partial charge in [0.05, 0.1) is 0 Å². The number of hydrogen-bond donors (Lipinski definition) is 3. The maximum Gasteiger partial charge on any atom is 0.270 e. The van der Waals surface area contributed by atoms with Crippen LogP contribution in [0.4, 0.5) is 11.6 Å². The Balaban J connectivity index is 1.42. The minimum absolute atomic E-state index is 0.208. The number of rotatable bonds is 7. The van der Waals surface area contributed by atoms with E-state index < -0.39 is 0 Å². The number of fused-ring (bicyclic) bond motifs is 1. The van der Waals surface area contributed by atoms with Crippen LogP contribution in [-0.4, -0.2) is 27.4 Å². The molecule has 2 heterocycles. The average molecular weight is 399 g/mol. The highest BCUT2D eigenvalue weighted by molar-refractivity contribution is 5.92. The Hall–Kier alpha value is -3.67. The summed E-state index contributed by atoms with van der Waals surface area (Å²) in [5, 5.41) is 7.42. The van der Waals surface area contributed by atoms with Crippen molar-refractivity contribution >= 4 is 28.4 Å². The van der Waals surface area contributed by atoms with Gasteiger partial charge in [-0.15, -0.1) is 0 Å². The van der Waals surface area contributed by atoms with Crippen LogP contribution in [-0.2, 0) is 12.8 Å². The number of para-hydroxylation sites is 2. The highest BCUT2D eigenvalue weighted by atomic mass is 16.1. The number of amides is 1. The first-order valence-corrected chi connectivity index (χ1v) is 10.2. The van der Waals surface area contributed by atoms with Gasteiger partial charge < -0.3 is 15.6 Å². The summed E-state index contributed by atoms with van der Waals surface area (Å²) in [5.74, 6) is 0.212. The zero-order valence-corrected chi connectivity index (χ0v) is 17.2. The quantitative estimate of drug-likeness (QED) is 0.426. The molecule has 152 valence electrons. The second-order valence-corrected chi connectivity index (χ2v) is 7.22. The molecule has 6 nitrogen and oxygen atoms in total. The summed E-state index contributed by atoms with van der Waals surface area (Å²) in [6, 6.07) is 16.0. The van der Waals surface area contributed by atoms with Crippen LogP contribution in [0.2, 0.25) is 0 Å². The molecule has 0 aliphatic carbocycles. The molecule has 3 N–H and O–H groups in total. The minimum Gasteiger partial charge on any atom is -0.361 e. The van der Waals surface area contributed by atoms with Gasteiger partial charge in [-0.1, -0.05) is 43.3 Å². The van der Waals surface area contributed by atoms with Gasteiger partial charge >= 0.3 is 0 Å². The van der Waals surface area contributed by atoms with Crippen LogP contribution in [0.25, 0.3) is 10.9 Å². The number of nitrogens with one attached hydrogen (secondary N) is 3. The molecule has 0 radical (unpaired) electrons. The molecule has 2 aromatic heterocycles. The fourth-order valence-corrected chi connectivity index (χ4v) is 3.60. The molecule has 6 heteroatoms. The molecule has 0 fully saturated rings. The number of hydrogen-bond acceptors (Lipinski definition) is 4. The van der Waals surface area contributed by atoms with E-state index in [0.29, 0.717) is 18.2 Å². The van der Waals surface area contributed by atoms with Gasteiger partial charge in [-0.2, -0.15) is 0 Å². The fraction of sp³-hybridized carbons (Fsp3) is 0.208. The van der Waals surface area contributed by atoms with Crippen molar-refractivity contribution in [2.24, 2.45) is 0 Å². The molecule has 2 aromatic carbocycles. The van der Waals surface area contributed by atoms with Crippen LogP contribution in [0.3, 0.4) is 0 Å². The third-order valence-corrected chi connectivity index (χ3v) is 5.22. The highest BCUT2D eigenvalue weighted by Gasteiger charge is 2.11. The number of H-pyrrole nitrogens is 1. The molecule has 4 rings (SSSR count). The van der Waals surface area contributed by atoms with Crippen LogP contribution < -0.4 is 10.6 Å². The van der Waals surface area contributed by atoms with Crippen molar-refractivity contribution in [2.75, 3.05) is 11.9 Å². The van der Waals surface area contributed by atoms with Gasteiger partial charge in [0.2, 0.25) is 5.95 Å². The number of carbonyl (C=O) groups is 1. The Labute approximate surface area is 175 Å². The SMILES string of the molecule is CCc1cccc(C)c1Nc1nccc(C(=O)NCCc2c[nH]c3ccccc23)n1. The van der Waals surface area contributed by atoms with Crippen LogP contribution in [0.1, 0.15) is 34.1 Å². The van der Waals surface area contributed by atoms with Gasteiger partial charge in [0.25, 0.3) is 5.91 Å². The molecular formula is C24H25N5O. The molecular weight excluding hydrogens is 374 g/mol. The monoisotopic (exact) mass is 399 g/mol.